The lowest BCUT2D eigenvalue weighted by Crippen LogP contribution is -2.10. The monoisotopic (exact) mass is 319 g/mol. The lowest BCUT2D eigenvalue weighted by atomic mass is 10.1. The number of rotatable bonds is 2. The Kier molecular flexibility index (Phi) is 2.89. The van der Waals surface area contributed by atoms with Gasteiger partial charge in [0.25, 0.3) is 0 Å². The number of H-pyrrole nitrogens is 1. The Hall–Kier alpha value is -3.61. The van der Waals surface area contributed by atoms with Crippen molar-refractivity contribution in [1.82, 2.24) is 15.0 Å². The fourth-order valence-corrected chi connectivity index (χ4v) is 2.63. The number of aromatic hydroxyl groups is 2. The molecule has 4 aromatic rings. The molecule has 24 heavy (non-hydrogen) atoms. The van der Waals surface area contributed by atoms with Crippen molar-refractivity contribution in [1.29, 1.82) is 5.41 Å². The Bertz CT molecular complexity index is 1120. The molecule has 6 N–H and O–H groups in total. The molecule has 0 aliphatic heterocycles. The summed E-state index contributed by atoms with van der Waals surface area (Å²) >= 11 is 0. The van der Waals surface area contributed by atoms with Crippen LogP contribution in [0.4, 0.5) is 0 Å². The molecule has 7 nitrogen and oxygen atoms in total. The maximum absolute atomic E-state index is 10.2. The van der Waals surface area contributed by atoms with Gasteiger partial charge in [-0.3, -0.25) is 5.41 Å². The van der Waals surface area contributed by atoms with E-state index in [1.54, 1.807) is 30.3 Å². The summed E-state index contributed by atoms with van der Waals surface area (Å²) in [6, 6.07) is 11.5. The molecular weight excluding hydrogens is 306 g/mol. The van der Waals surface area contributed by atoms with Crippen LogP contribution < -0.4 is 5.73 Å². The summed E-state index contributed by atoms with van der Waals surface area (Å²) < 4.78 is 0. The smallest absolute Gasteiger partial charge is 0.157 e. The summed E-state index contributed by atoms with van der Waals surface area (Å²) in [6.07, 6.45) is 0. The lowest BCUT2D eigenvalue weighted by molar-refractivity contribution is 0.474. The average molecular weight is 319 g/mol. The van der Waals surface area contributed by atoms with E-state index in [0.717, 1.165) is 5.52 Å². The minimum Gasteiger partial charge on any atom is -0.507 e. The molecule has 0 bridgehead atoms. The molecule has 2 aromatic heterocycles. The molecule has 118 valence electrons. The van der Waals surface area contributed by atoms with Crippen LogP contribution in [0.25, 0.3) is 33.5 Å². The maximum atomic E-state index is 10.2. The summed E-state index contributed by atoms with van der Waals surface area (Å²) in [4.78, 5) is 11.9. The average Bonchev–Trinajstić information content (AvgIpc) is 2.98. The molecule has 2 heterocycles. The number of nitrogens with one attached hydrogen (secondary N) is 2. The minimum atomic E-state index is -0.0344. The van der Waals surface area contributed by atoms with Crippen LogP contribution in [0.5, 0.6) is 11.5 Å². The van der Waals surface area contributed by atoms with E-state index in [9.17, 15) is 10.2 Å². The van der Waals surface area contributed by atoms with Crippen LogP contribution >= 0.6 is 0 Å². The van der Waals surface area contributed by atoms with Crippen LogP contribution in [-0.2, 0) is 0 Å². The zero-order valence-electron chi connectivity index (χ0n) is 12.4. The van der Waals surface area contributed by atoms with E-state index < -0.39 is 0 Å². The highest BCUT2D eigenvalue weighted by atomic mass is 16.3. The number of fused-ring (bicyclic) bond motifs is 2. The Morgan fingerprint density at radius 3 is 2.67 bits per heavy atom. The number of imidazole rings is 1. The fraction of sp³-hybridized carbons (Fsp3) is 0. The SMILES string of the molecule is N=C(N)c1ccc2[nH]c(-c3cc(O)c4cccc(O)c4n3)nc2c1. The van der Waals surface area contributed by atoms with Crippen LogP contribution in [0.2, 0.25) is 0 Å². The molecule has 0 atom stereocenters. The second kappa shape index (κ2) is 4.95. The third-order valence-electron chi connectivity index (χ3n) is 3.83. The molecule has 0 spiro atoms. The third kappa shape index (κ3) is 2.11. The van der Waals surface area contributed by atoms with Gasteiger partial charge in [0.2, 0.25) is 0 Å². The van der Waals surface area contributed by atoms with Gasteiger partial charge in [-0.25, -0.2) is 9.97 Å². The highest BCUT2D eigenvalue weighted by Crippen LogP contribution is 2.32. The van der Waals surface area contributed by atoms with Crippen molar-refractivity contribution in [2.24, 2.45) is 5.73 Å². The first-order chi connectivity index (χ1) is 11.5. The Balaban J connectivity index is 1.92. The first kappa shape index (κ1) is 14.0. The molecular formula is C17H13N5O2. The summed E-state index contributed by atoms with van der Waals surface area (Å²) in [6.45, 7) is 0. The van der Waals surface area contributed by atoms with E-state index in [1.165, 1.54) is 12.1 Å². The topological polar surface area (TPSA) is 132 Å². The molecule has 2 aromatic carbocycles. The largest absolute Gasteiger partial charge is 0.507 e. The lowest BCUT2D eigenvalue weighted by Gasteiger charge is -2.05. The number of nitrogens with zero attached hydrogens (tertiary/aromatic N) is 2. The van der Waals surface area contributed by atoms with Crippen LogP contribution in [0, 0.1) is 5.41 Å². The van der Waals surface area contributed by atoms with Gasteiger partial charge >= 0.3 is 0 Å². The van der Waals surface area contributed by atoms with Crippen molar-refractivity contribution in [3.8, 4) is 23.0 Å². The number of aromatic amines is 1. The third-order valence-corrected chi connectivity index (χ3v) is 3.83. The van der Waals surface area contributed by atoms with E-state index in [4.69, 9.17) is 11.1 Å². The minimum absolute atomic E-state index is 0.00998. The number of nitrogens with two attached hydrogens (primary N) is 1. The molecule has 0 fully saturated rings. The normalized spacial score (nSPS) is 11.2. The maximum Gasteiger partial charge on any atom is 0.157 e. The number of nitrogen functional groups attached to an aromatic ring is 1. The Morgan fingerprint density at radius 1 is 1.04 bits per heavy atom. The Labute approximate surface area is 135 Å². The van der Waals surface area contributed by atoms with Gasteiger partial charge in [-0.15, -0.1) is 0 Å². The quantitative estimate of drug-likeness (QED) is 0.286. The number of aromatic nitrogens is 3. The van der Waals surface area contributed by atoms with Gasteiger partial charge in [0, 0.05) is 17.0 Å². The van der Waals surface area contributed by atoms with Crippen molar-refractivity contribution in [3.63, 3.8) is 0 Å². The molecule has 0 aliphatic rings. The van der Waals surface area contributed by atoms with Crippen molar-refractivity contribution in [3.05, 3.63) is 48.0 Å². The molecule has 0 saturated heterocycles. The van der Waals surface area contributed by atoms with Gasteiger partial charge in [0.15, 0.2) is 5.82 Å². The molecule has 7 heteroatoms. The van der Waals surface area contributed by atoms with Crippen molar-refractivity contribution in [2.45, 2.75) is 0 Å². The van der Waals surface area contributed by atoms with Gasteiger partial charge in [-0.05, 0) is 30.3 Å². The first-order valence-corrected chi connectivity index (χ1v) is 7.19. The van der Waals surface area contributed by atoms with Crippen molar-refractivity contribution >= 4 is 27.8 Å². The Morgan fingerprint density at radius 2 is 1.88 bits per heavy atom. The molecule has 4 rings (SSSR count). The number of amidine groups is 1. The summed E-state index contributed by atoms with van der Waals surface area (Å²) in [5, 5.41) is 28.1. The number of para-hydroxylation sites is 1. The van der Waals surface area contributed by atoms with Gasteiger partial charge in [0.05, 0.1) is 11.0 Å². The van der Waals surface area contributed by atoms with Gasteiger partial charge in [-0.2, -0.15) is 0 Å². The van der Waals surface area contributed by atoms with Crippen LogP contribution in [0.3, 0.4) is 0 Å². The van der Waals surface area contributed by atoms with Crippen LogP contribution in [0.1, 0.15) is 5.56 Å². The van der Waals surface area contributed by atoms with Gasteiger partial charge in [0.1, 0.15) is 28.5 Å². The van der Waals surface area contributed by atoms with Crippen molar-refractivity contribution < 1.29 is 10.2 Å². The summed E-state index contributed by atoms with van der Waals surface area (Å²) in [5.41, 5.74) is 8.17. The van der Waals surface area contributed by atoms with Gasteiger partial charge in [-0.1, -0.05) is 6.07 Å². The summed E-state index contributed by atoms with van der Waals surface area (Å²) in [7, 11) is 0. The predicted octanol–water partition coefficient (Wildman–Crippen LogP) is 2.47. The number of phenolic OH excluding ortho intramolecular Hbond substituents is 1. The molecule has 0 saturated carbocycles. The molecule has 0 unspecified atom stereocenters. The zero-order chi connectivity index (χ0) is 16.8. The number of pyridine rings is 1. The standard InChI is InChI=1S/C17H13N5O2/c18-16(19)8-4-5-10-11(6-8)22-17(21-10)12-7-14(24)9-2-1-3-13(23)15(9)20-12/h1-7,23H,(H3,18,19)(H,20,24)(H,21,22). The highest BCUT2D eigenvalue weighted by molar-refractivity contribution is 5.98. The van der Waals surface area contributed by atoms with Gasteiger partial charge < -0.3 is 20.9 Å². The predicted molar refractivity (Wildman–Crippen MR) is 91.2 cm³/mol. The van der Waals surface area contributed by atoms with Crippen LogP contribution in [0.15, 0.2) is 42.5 Å². The second-order valence-corrected chi connectivity index (χ2v) is 5.43. The molecule has 0 amide bonds. The number of benzene rings is 2. The van der Waals surface area contributed by atoms with E-state index in [1.807, 2.05) is 0 Å². The number of hydrogen-bond acceptors (Lipinski definition) is 5. The first-order valence-electron chi connectivity index (χ1n) is 7.19. The number of hydrogen-bond donors (Lipinski definition) is 5. The van der Waals surface area contributed by atoms with E-state index in [0.29, 0.717) is 33.5 Å². The number of phenols is 1. The zero-order valence-corrected chi connectivity index (χ0v) is 12.4. The molecule has 0 aliphatic carbocycles. The summed E-state index contributed by atoms with van der Waals surface area (Å²) in [5.74, 6) is 0.411. The van der Waals surface area contributed by atoms with E-state index in [-0.39, 0.29) is 17.3 Å². The molecule has 0 radical (unpaired) electrons. The van der Waals surface area contributed by atoms with E-state index >= 15 is 0 Å². The fourth-order valence-electron chi connectivity index (χ4n) is 2.63. The van der Waals surface area contributed by atoms with E-state index in [2.05, 4.69) is 15.0 Å². The highest BCUT2D eigenvalue weighted by Gasteiger charge is 2.13. The second-order valence-electron chi connectivity index (χ2n) is 5.43. The van der Waals surface area contributed by atoms with Crippen LogP contribution in [-0.4, -0.2) is 31.0 Å². The van der Waals surface area contributed by atoms with Crippen molar-refractivity contribution in [2.75, 3.05) is 0 Å².